The zero-order valence-electron chi connectivity index (χ0n) is 26.1. The van der Waals surface area contributed by atoms with Gasteiger partial charge in [-0.2, -0.15) is 0 Å². The van der Waals surface area contributed by atoms with Crippen molar-refractivity contribution in [2.45, 2.75) is 0 Å². The van der Waals surface area contributed by atoms with Crippen molar-refractivity contribution in [3.8, 4) is 56.4 Å². The molecule has 1 aromatic heterocycles. The third-order valence-electron chi connectivity index (χ3n) is 9.08. The van der Waals surface area contributed by atoms with Gasteiger partial charge in [0, 0.05) is 22.1 Å². The molecule has 0 amide bonds. The van der Waals surface area contributed by atoms with Crippen molar-refractivity contribution < 1.29 is 0 Å². The van der Waals surface area contributed by atoms with E-state index in [0.717, 1.165) is 44.0 Å². The van der Waals surface area contributed by atoms with Crippen molar-refractivity contribution in [3.63, 3.8) is 0 Å². The number of benzene rings is 8. The Balaban J connectivity index is 1.22. The van der Waals surface area contributed by atoms with Gasteiger partial charge >= 0.3 is 0 Å². The SMILES string of the molecule is c1ccc(-c2nc(-c3ccc4ccc(-c5ccc6ccccc6c5)cc4c3)nc(-c3cccc4cccc(-c5ccccc5)c34)n2)cc1. The second-order valence-electron chi connectivity index (χ2n) is 12.1. The topological polar surface area (TPSA) is 38.7 Å². The van der Waals surface area contributed by atoms with Crippen LogP contribution in [0.1, 0.15) is 0 Å². The van der Waals surface area contributed by atoms with Crippen molar-refractivity contribution >= 4 is 32.3 Å². The third kappa shape index (κ3) is 5.08. The summed E-state index contributed by atoms with van der Waals surface area (Å²) in [6.07, 6.45) is 0. The number of rotatable bonds is 5. The molecule has 48 heavy (non-hydrogen) atoms. The highest BCUT2D eigenvalue weighted by Gasteiger charge is 2.17. The minimum Gasteiger partial charge on any atom is -0.208 e. The molecule has 9 aromatic rings. The van der Waals surface area contributed by atoms with E-state index in [1.165, 1.54) is 27.3 Å². The predicted molar refractivity (Wildman–Crippen MR) is 200 cm³/mol. The van der Waals surface area contributed by atoms with Crippen LogP contribution in [0.4, 0.5) is 0 Å². The van der Waals surface area contributed by atoms with Crippen molar-refractivity contribution in [2.24, 2.45) is 0 Å². The van der Waals surface area contributed by atoms with Crippen LogP contribution in [0.2, 0.25) is 0 Å². The summed E-state index contributed by atoms with van der Waals surface area (Å²) in [5.74, 6) is 1.94. The molecule has 3 heteroatoms. The van der Waals surface area contributed by atoms with Gasteiger partial charge in [-0.3, -0.25) is 0 Å². The molecule has 8 aromatic carbocycles. The quantitative estimate of drug-likeness (QED) is 0.194. The van der Waals surface area contributed by atoms with Crippen LogP contribution in [0.25, 0.3) is 88.7 Å². The molecule has 1 heterocycles. The van der Waals surface area contributed by atoms with E-state index in [1.807, 2.05) is 24.3 Å². The minimum atomic E-state index is 0.644. The van der Waals surface area contributed by atoms with E-state index in [9.17, 15) is 0 Å². The fourth-order valence-corrected chi connectivity index (χ4v) is 6.66. The molecule has 0 spiro atoms. The fourth-order valence-electron chi connectivity index (χ4n) is 6.66. The van der Waals surface area contributed by atoms with Crippen LogP contribution in [0.15, 0.2) is 176 Å². The van der Waals surface area contributed by atoms with Gasteiger partial charge in [0.15, 0.2) is 17.5 Å². The van der Waals surface area contributed by atoms with Crippen LogP contribution in [0.5, 0.6) is 0 Å². The molecule has 0 bridgehead atoms. The smallest absolute Gasteiger partial charge is 0.164 e. The van der Waals surface area contributed by atoms with Crippen LogP contribution in [0, 0.1) is 0 Å². The normalized spacial score (nSPS) is 11.3. The fraction of sp³-hybridized carbons (Fsp3) is 0. The lowest BCUT2D eigenvalue weighted by molar-refractivity contribution is 1.08. The van der Waals surface area contributed by atoms with E-state index < -0.39 is 0 Å². The van der Waals surface area contributed by atoms with Crippen molar-refractivity contribution in [2.75, 3.05) is 0 Å². The molecule has 0 atom stereocenters. The Morgan fingerprint density at radius 2 is 0.729 bits per heavy atom. The first kappa shape index (κ1) is 27.8. The molecular formula is C45H29N3. The number of hydrogen-bond donors (Lipinski definition) is 0. The van der Waals surface area contributed by atoms with Crippen molar-refractivity contribution in [1.29, 1.82) is 0 Å². The summed E-state index contributed by atoms with van der Waals surface area (Å²) in [7, 11) is 0. The van der Waals surface area contributed by atoms with Gasteiger partial charge in [-0.1, -0.05) is 158 Å². The van der Waals surface area contributed by atoms with E-state index in [1.54, 1.807) is 0 Å². The largest absolute Gasteiger partial charge is 0.208 e. The Kier molecular flexibility index (Phi) is 6.80. The lowest BCUT2D eigenvalue weighted by Gasteiger charge is -2.14. The van der Waals surface area contributed by atoms with Gasteiger partial charge in [0.25, 0.3) is 0 Å². The van der Waals surface area contributed by atoms with Gasteiger partial charge in [-0.05, 0) is 67.4 Å². The van der Waals surface area contributed by atoms with Gasteiger partial charge in [-0.25, -0.2) is 15.0 Å². The maximum absolute atomic E-state index is 5.18. The van der Waals surface area contributed by atoms with Gasteiger partial charge in [0.2, 0.25) is 0 Å². The number of fused-ring (bicyclic) bond motifs is 3. The first-order valence-electron chi connectivity index (χ1n) is 16.2. The first-order valence-corrected chi connectivity index (χ1v) is 16.2. The summed E-state index contributed by atoms with van der Waals surface area (Å²) >= 11 is 0. The molecular weight excluding hydrogens is 583 g/mol. The Morgan fingerprint density at radius 1 is 0.250 bits per heavy atom. The monoisotopic (exact) mass is 611 g/mol. The molecule has 0 aliphatic heterocycles. The predicted octanol–water partition coefficient (Wildman–Crippen LogP) is 11.7. The molecule has 9 rings (SSSR count). The highest BCUT2D eigenvalue weighted by Crippen LogP contribution is 2.37. The van der Waals surface area contributed by atoms with E-state index in [4.69, 9.17) is 15.0 Å². The Labute approximate surface area is 278 Å². The average Bonchev–Trinajstić information content (AvgIpc) is 3.17. The number of hydrogen-bond acceptors (Lipinski definition) is 3. The zero-order valence-corrected chi connectivity index (χ0v) is 26.1. The molecule has 0 unspecified atom stereocenters. The van der Waals surface area contributed by atoms with Gasteiger partial charge in [0.05, 0.1) is 0 Å². The second kappa shape index (κ2) is 11.7. The highest BCUT2D eigenvalue weighted by atomic mass is 15.0. The Morgan fingerprint density at radius 3 is 1.44 bits per heavy atom. The van der Waals surface area contributed by atoms with Gasteiger partial charge in [-0.15, -0.1) is 0 Å². The van der Waals surface area contributed by atoms with E-state index in [0.29, 0.717) is 17.5 Å². The molecule has 0 fully saturated rings. The summed E-state index contributed by atoms with van der Waals surface area (Å²) in [5.41, 5.74) is 7.56. The lowest BCUT2D eigenvalue weighted by atomic mass is 9.94. The van der Waals surface area contributed by atoms with Crippen molar-refractivity contribution in [3.05, 3.63) is 176 Å². The van der Waals surface area contributed by atoms with Crippen LogP contribution in [0.3, 0.4) is 0 Å². The molecule has 0 N–H and O–H groups in total. The summed E-state index contributed by atoms with van der Waals surface area (Å²) in [6, 6.07) is 61.8. The Hall–Kier alpha value is -6.45. The van der Waals surface area contributed by atoms with Crippen LogP contribution in [-0.2, 0) is 0 Å². The van der Waals surface area contributed by atoms with Crippen molar-refractivity contribution in [1.82, 2.24) is 15.0 Å². The van der Waals surface area contributed by atoms with E-state index >= 15 is 0 Å². The Bertz CT molecular complexity index is 2600. The standard InChI is InChI=1S/C45H29N3/c1-3-12-32(13-4-1)40-19-9-17-33-18-10-20-41(42(33)40)45-47-43(34-14-5-2-6-15-34)46-44(48-45)38-26-23-31-22-25-37(28-39(31)29-38)36-24-21-30-11-7-8-16-35(30)27-36/h1-29H. The van der Waals surface area contributed by atoms with Gasteiger partial charge < -0.3 is 0 Å². The summed E-state index contributed by atoms with van der Waals surface area (Å²) in [4.78, 5) is 15.3. The summed E-state index contributed by atoms with van der Waals surface area (Å²) in [5, 5.41) is 7.05. The van der Waals surface area contributed by atoms with Gasteiger partial charge in [0.1, 0.15) is 0 Å². The molecule has 224 valence electrons. The minimum absolute atomic E-state index is 0.644. The second-order valence-corrected chi connectivity index (χ2v) is 12.1. The lowest BCUT2D eigenvalue weighted by Crippen LogP contribution is -2.01. The van der Waals surface area contributed by atoms with Crippen LogP contribution < -0.4 is 0 Å². The molecule has 0 aliphatic rings. The highest BCUT2D eigenvalue weighted by molar-refractivity contribution is 6.05. The van der Waals surface area contributed by atoms with E-state index in [-0.39, 0.29) is 0 Å². The summed E-state index contributed by atoms with van der Waals surface area (Å²) < 4.78 is 0. The number of nitrogens with zero attached hydrogens (tertiary/aromatic N) is 3. The maximum Gasteiger partial charge on any atom is 0.164 e. The first-order chi connectivity index (χ1) is 23.8. The average molecular weight is 612 g/mol. The zero-order chi connectivity index (χ0) is 31.9. The molecule has 0 aliphatic carbocycles. The van der Waals surface area contributed by atoms with Crippen LogP contribution in [-0.4, -0.2) is 15.0 Å². The third-order valence-corrected chi connectivity index (χ3v) is 9.08. The molecule has 0 radical (unpaired) electrons. The van der Waals surface area contributed by atoms with E-state index in [2.05, 4.69) is 152 Å². The maximum atomic E-state index is 5.18. The molecule has 0 saturated carbocycles. The van der Waals surface area contributed by atoms with Crippen LogP contribution >= 0.6 is 0 Å². The molecule has 3 nitrogen and oxygen atoms in total. The molecule has 0 saturated heterocycles. The summed E-state index contributed by atoms with van der Waals surface area (Å²) in [6.45, 7) is 0. The number of aromatic nitrogens is 3.